The molecule has 0 fully saturated rings. The van der Waals surface area contributed by atoms with E-state index in [9.17, 15) is 19.7 Å². The Balaban J connectivity index is 2.34. The van der Waals surface area contributed by atoms with Crippen LogP contribution in [0.2, 0.25) is 0 Å². The highest BCUT2D eigenvalue weighted by Gasteiger charge is 2.19. The molecule has 1 aromatic carbocycles. The summed E-state index contributed by atoms with van der Waals surface area (Å²) in [5, 5.41) is 11.3. The van der Waals surface area contributed by atoms with Gasteiger partial charge in [-0.2, -0.15) is 0 Å². The van der Waals surface area contributed by atoms with Crippen LogP contribution < -0.4 is 0 Å². The van der Waals surface area contributed by atoms with Crippen LogP contribution in [0.15, 0.2) is 54.7 Å². The average Bonchev–Trinajstić information content (AvgIpc) is 2.60. The lowest BCUT2D eigenvalue weighted by atomic mass is 10.1. The summed E-state index contributed by atoms with van der Waals surface area (Å²) in [6.07, 6.45) is 3.22. The second-order valence-corrected chi connectivity index (χ2v) is 4.66. The minimum absolute atomic E-state index is 0.0157. The molecule has 0 spiro atoms. The molecule has 0 unspecified atom stereocenters. The third kappa shape index (κ3) is 4.10. The monoisotopic (exact) mass is 326 g/mol. The van der Waals surface area contributed by atoms with Crippen LogP contribution >= 0.6 is 0 Å². The molecule has 0 radical (unpaired) electrons. The van der Waals surface area contributed by atoms with Gasteiger partial charge in [0.15, 0.2) is 5.78 Å². The van der Waals surface area contributed by atoms with Crippen molar-refractivity contribution in [2.75, 3.05) is 6.61 Å². The molecule has 1 heterocycles. The first-order chi connectivity index (χ1) is 11.5. The summed E-state index contributed by atoms with van der Waals surface area (Å²) >= 11 is 0. The summed E-state index contributed by atoms with van der Waals surface area (Å²) in [6.45, 7) is 1.83. The molecule has 7 nitrogen and oxygen atoms in total. The summed E-state index contributed by atoms with van der Waals surface area (Å²) in [5.41, 5.74) is 0.482. The molecule has 7 heteroatoms. The van der Waals surface area contributed by atoms with E-state index in [1.165, 1.54) is 6.20 Å². The van der Waals surface area contributed by atoms with E-state index < -0.39 is 16.7 Å². The maximum Gasteiger partial charge on any atom is 0.330 e. The Morgan fingerprint density at radius 2 is 1.96 bits per heavy atom. The van der Waals surface area contributed by atoms with Gasteiger partial charge in [-0.3, -0.25) is 14.9 Å². The fourth-order valence-corrected chi connectivity index (χ4v) is 1.98. The zero-order valence-corrected chi connectivity index (χ0v) is 12.8. The number of ether oxygens (including phenoxy) is 1. The topological polar surface area (TPSA) is 99.4 Å². The Kier molecular flexibility index (Phi) is 5.51. The van der Waals surface area contributed by atoms with E-state index in [1.807, 2.05) is 0 Å². The Hall–Kier alpha value is -3.35. The van der Waals surface area contributed by atoms with Crippen LogP contribution in [0.25, 0.3) is 11.3 Å². The van der Waals surface area contributed by atoms with Crippen LogP contribution in [0.1, 0.15) is 17.3 Å². The summed E-state index contributed by atoms with van der Waals surface area (Å²) in [6, 6.07) is 9.79. The number of carbonyl (C=O) groups is 2. The Morgan fingerprint density at radius 1 is 1.25 bits per heavy atom. The third-order valence-electron chi connectivity index (χ3n) is 3.05. The number of benzene rings is 1. The van der Waals surface area contributed by atoms with Gasteiger partial charge in [0, 0.05) is 29.5 Å². The SMILES string of the molecule is CCOC(=O)/C=C\C(=O)c1cnc(-c2ccccc2)c([N+](=O)[O-])c1. The highest BCUT2D eigenvalue weighted by molar-refractivity contribution is 6.07. The maximum atomic E-state index is 12.0. The number of nitrogens with zero attached hydrogens (tertiary/aromatic N) is 2. The van der Waals surface area contributed by atoms with Gasteiger partial charge in [-0.15, -0.1) is 0 Å². The molecule has 0 N–H and O–H groups in total. The van der Waals surface area contributed by atoms with Crippen molar-refractivity contribution >= 4 is 17.4 Å². The predicted molar refractivity (Wildman–Crippen MR) is 86.4 cm³/mol. The van der Waals surface area contributed by atoms with Crippen molar-refractivity contribution in [1.29, 1.82) is 0 Å². The molecule has 2 rings (SSSR count). The van der Waals surface area contributed by atoms with E-state index in [0.29, 0.717) is 5.56 Å². The van der Waals surface area contributed by atoms with Crippen LogP contribution in [-0.2, 0) is 9.53 Å². The van der Waals surface area contributed by atoms with Gasteiger partial charge in [0.05, 0.1) is 11.5 Å². The largest absolute Gasteiger partial charge is 0.463 e. The number of ketones is 1. The van der Waals surface area contributed by atoms with E-state index in [2.05, 4.69) is 9.72 Å². The minimum atomic E-state index is -0.658. The second-order valence-electron chi connectivity index (χ2n) is 4.66. The molecule has 0 saturated heterocycles. The first-order valence-electron chi connectivity index (χ1n) is 7.12. The fraction of sp³-hybridized carbons (Fsp3) is 0.118. The van der Waals surface area contributed by atoms with E-state index in [1.54, 1.807) is 37.3 Å². The van der Waals surface area contributed by atoms with Gasteiger partial charge in [0.25, 0.3) is 5.69 Å². The maximum absolute atomic E-state index is 12.0. The number of pyridine rings is 1. The number of nitro groups is 1. The van der Waals surface area contributed by atoms with Gasteiger partial charge in [0.1, 0.15) is 5.69 Å². The number of aromatic nitrogens is 1. The highest BCUT2D eigenvalue weighted by Crippen LogP contribution is 2.28. The van der Waals surface area contributed by atoms with Gasteiger partial charge in [0.2, 0.25) is 0 Å². The summed E-state index contributed by atoms with van der Waals surface area (Å²) < 4.78 is 4.67. The van der Waals surface area contributed by atoms with Crippen molar-refractivity contribution in [3.8, 4) is 11.3 Å². The molecular weight excluding hydrogens is 312 g/mol. The standard InChI is InChI=1S/C17H14N2O5/c1-2-24-16(21)9-8-15(20)13-10-14(19(22)23)17(18-11-13)12-6-4-3-5-7-12/h3-11H,2H2,1H3/b9-8-. The second kappa shape index (κ2) is 7.77. The van der Waals surface area contributed by atoms with Crippen LogP contribution in [-0.4, -0.2) is 28.3 Å². The summed E-state index contributed by atoms with van der Waals surface area (Å²) in [7, 11) is 0. The third-order valence-corrected chi connectivity index (χ3v) is 3.05. The van der Waals surface area contributed by atoms with Gasteiger partial charge in [-0.05, 0) is 13.0 Å². The lowest BCUT2D eigenvalue weighted by Crippen LogP contribution is -2.03. The number of esters is 1. The molecule has 2 aromatic rings. The van der Waals surface area contributed by atoms with Crippen molar-refractivity contribution < 1.29 is 19.2 Å². The van der Waals surface area contributed by atoms with Crippen LogP contribution in [0.3, 0.4) is 0 Å². The molecule has 0 saturated carbocycles. The van der Waals surface area contributed by atoms with E-state index in [4.69, 9.17) is 0 Å². The molecule has 1 aromatic heterocycles. The van der Waals surface area contributed by atoms with Gasteiger partial charge in [-0.25, -0.2) is 9.78 Å². The Labute approximate surface area is 137 Å². The van der Waals surface area contributed by atoms with E-state index in [0.717, 1.165) is 18.2 Å². The van der Waals surface area contributed by atoms with Crippen LogP contribution in [0, 0.1) is 10.1 Å². The molecular formula is C17H14N2O5. The quantitative estimate of drug-likeness (QED) is 0.266. The number of rotatable bonds is 6. The first kappa shape index (κ1) is 17.0. The predicted octanol–water partition coefficient (Wildman–Crippen LogP) is 2.96. The average molecular weight is 326 g/mol. The molecule has 0 aliphatic carbocycles. The summed E-state index contributed by atoms with van der Waals surface area (Å²) in [4.78, 5) is 38.0. The Morgan fingerprint density at radius 3 is 2.58 bits per heavy atom. The van der Waals surface area contributed by atoms with Crippen molar-refractivity contribution in [3.05, 3.63) is 70.4 Å². The van der Waals surface area contributed by atoms with Crippen molar-refractivity contribution in [2.24, 2.45) is 0 Å². The molecule has 0 bridgehead atoms. The molecule has 0 atom stereocenters. The zero-order valence-electron chi connectivity index (χ0n) is 12.8. The van der Waals surface area contributed by atoms with E-state index in [-0.39, 0.29) is 23.6 Å². The van der Waals surface area contributed by atoms with Gasteiger partial charge >= 0.3 is 5.97 Å². The minimum Gasteiger partial charge on any atom is -0.463 e. The lowest BCUT2D eigenvalue weighted by Gasteiger charge is -2.04. The smallest absolute Gasteiger partial charge is 0.330 e. The number of allylic oxidation sites excluding steroid dienone is 1. The fourth-order valence-electron chi connectivity index (χ4n) is 1.98. The number of hydrogen-bond acceptors (Lipinski definition) is 6. The van der Waals surface area contributed by atoms with Crippen LogP contribution in [0.5, 0.6) is 0 Å². The molecule has 122 valence electrons. The van der Waals surface area contributed by atoms with Gasteiger partial charge < -0.3 is 4.74 Å². The normalized spacial score (nSPS) is 10.5. The first-order valence-corrected chi connectivity index (χ1v) is 7.12. The highest BCUT2D eigenvalue weighted by atomic mass is 16.6. The van der Waals surface area contributed by atoms with Crippen molar-refractivity contribution in [2.45, 2.75) is 6.92 Å². The lowest BCUT2D eigenvalue weighted by molar-refractivity contribution is -0.384. The number of hydrogen-bond donors (Lipinski definition) is 0. The van der Waals surface area contributed by atoms with Gasteiger partial charge in [-0.1, -0.05) is 30.3 Å². The number of carbonyl (C=O) groups excluding carboxylic acids is 2. The molecule has 0 aliphatic heterocycles. The van der Waals surface area contributed by atoms with E-state index >= 15 is 0 Å². The molecule has 0 aliphatic rings. The zero-order chi connectivity index (χ0) is 17.5. The summed E-state index contributed by atoms with van der Waals surface area (Å²) in [5.74, 6) is -1.23. The Bertz CT molecular complexity index is 800. The molecule has 24 heavy (non-hydrogen) atoms. The van der Waals surface area contributed by atoms with Crippen LogP contribution in [0.4, 0.5) is 5.69 Å². The van der Waals surface area contributed by atoms with Crippen molar-refractivity contribution in [3.63, 3.8) is 0 Å². The van der Waals surface area contributed by atoms with Crippen molar-refractivity contribution in [1.82, 2.24) is 4.98 Å². The molecule has 0 amide bonds.